The number of benzene rings is 1. The number of hydrogen-bond acceptors (Lipinski definition) is 3. The van der Waals surface area contributed by atoms with Gasteiger partial charge < -0.3 is 14.4 Å². The lowest BCUT2D eigenvalue weighted by molar-refractivity contribution is -0.128. The fraction of sp³-hybridized carbons (Fsp3) is 0.526. The highest BCUT2D eigenvalue weighted by atomic mass is 16.7. The van der Waals surface area contributed by atoms with Gasteiger partial charge in [0.05, 0.1) is 0 Å². The number of rotatable bonds is 2. The summed E-state index contributed by atoms with van der Waals surface area (Å²) in [4.78, 5) is 14.5. The van der Waals surface area contributed by atoms with Gasteiger partial charge in [-0.25, -0.2) is 0 Å². The Morgan fingerprint density at radius 2 is 1.91 bits per heavy atom. The normalized spacial score (nSPS) is 26.3. The van der Waals surface area contributed by atoms with E-state index in [9.17, 15) is 4.79 Å². The van der Waals surface area contributed by atoms with E-state index in [-0.39, 0.29) is 12.7 Å². The lowest BCUT2D eigenvalue weighted by atomic mass is 9.75. The molecule has 0 radical (unpaired) electrons. The van der Waals surface area contributed by atoms with E-state index in [0.717, 1.165) is 42.0 Å². The van der Waals surface area contributed by atoms with Crippen molar-refractivity contribution in [1.29, 1.82) is 0 Å². The highest BCUT2D eigenvalue weighted by Crippen LogP contribution is 2.36. The molecule has 0 aromatic heterocycles. The van der Waals surface area contributed by atoms with E-state index in [4.69, 9.17) is 9.47 Å². The van der Waals surface area contributed by atoms with Gasteiger partial charge in [0.25, 0.3) is 0 Å². The Morgan fingerprint density at radius 1 is 1.09 bits per heavy atom. The van der Waals surface area contributed by atoms with Crippen molar-refractivity contribution < 1.29 is 14.3 Å². The molecule has 23 heavy (non-hydrogen) atoms. The summed E-state index contributed by atoms with van der Waals surface area (Å²) in [5, 5.41) is 0. The molecule has 2 heterocycles. The first-order chi connectivity index (χ1) is 11.3. The van der Waals surface area contributed by atoms with Crippen LogP contribution in [0.1, 0.15) is 37.7 Å². The van der Waals surface area contributed by atoms with Gasteiger partial charge in [0.2, 0.25) is 12.7 Å². The van der Waals surface area contributed by atoms with Gasteiger partial charge in [-0.15, -0.1) is 0 Å². The number of nitrogens with zero attached hydrogens (tertiary/aromatic N) is 1. The molecule has 0 N–H and O–H groups in total. The van der Waals surface area contributed by atoms with Crippen LogP contribution in [0, 0.1) is 11.8 Å². The lowest BCUT2D eigenvalue weighted by Crippen LogP contribution is -2.44. The average molecular weight is 313 g/mol. The van der Waals surface area contributed by atoms with Crippen LogP contribution in [0.3, 0.4) is 0 Å². The smallest absolute Gasteiger partial charge is 0.246 e. The minimum Gasteiger partial charge on any atom is -0.454 e. The van der Waals surface area contributed by atoms with Crippen LogP contribution in [-0.4, -0.2) is 30.7 Å². The van der Waals surface area contributed by atoms with Crippen LogP contribution in [0.25, 0.3) is 6.08 Å². The zero-order valence-corrected chi connectivity index (χ0v) is 13.4. The van der Waals surface area contributed by atoms with E-state index in [1.54, 1.807) is 6.08 Å². The van der Waals surface area contributed by atoms with Gasteiger partial charge in [-0.2, -0.15) is 0 Å². The summed E-state index contributed by atoms with van der Waals surface area (Å²) in [7, 11) is 0. The summed E-state index contributed by atoms with van der Waals surface area (Å²) >= 11 is 0. The number of piperidine rings is 1. The summed E-state index contributed by atoms with van der Waals surface area (Å²) in [6.07, 6.45) is 10.1. The van der Waals surface area contributed by atoms with Gasteiger partial charge in [-0.1, -0.05) is 25.3 Å². The molecule has 0 bridgehead atoms. The molecule has 0 spiro atoms. The molecule has 1 amide bonds. The summed E-state index contributed by atoms with van der Waals surface area (Å²) in [5.74, 6) is 3.23. The summed E-state index contributed by atoms with van der Waals surface area (Å²) < 4.78 is 10.7. The van der Waals surface area contributed by atoms with Crippen LogP contribution < -0.4 is 9.47 Å². The number of hydrogen-bond donors (Lipinski definition) is 0. The van der Waals surface area contributed by atoms with Crippen LogP contribution in [0.4, 0.5) is 0 Å². The summed E-state index contributed by atoms with van der Waals surface area (Å²) in [6.45, 7) is 2.12. The van der Waals surface area contributed by atoms with Crippen molar-refractivity contribution in [3.05, 3.63) is 29.8 Å². The van der Waals surface area contributed by atoms with E-state index < -0.39 is 0 Å². The molecule has 1 aromatic carbocycles. The van der Waals surface area contributed by atoms with Crippen molar-refractivity contribution in [2.75, 3.05) is 19.9 Å². The van der Waals surface area contributed by atoms with Crippen molar-refractivity contribution in [3.63, 3.8) is 0 Å². The molecule has 3 aliphatic rings. The van der Waals surface area contributed by atoms with E-state index in [2.05, 4.69) is 0 Å². The maximum Gasteiger partial charge on any atom is 0.246 e. The highest BCUT2D eigenvalue weighted by molar-refractivity contribution is 5.92. The number of carbonyl (C=O) groups excluding carboxylic acids is 1. The molecule has 122 valence electrons. The second-order valence-electron chi connectivity index (χ2n) is 6.82. The fourth-order valence-corrected chi connectivity index (χ4v) is 4.09. The molecule has 2 aliphatic heterocycles. The molecule has 4 nitrogen and oxygen atoms in total. The Balaban J connectivity index is 1.39. The van der Waals surface area contributed by atoms with Gasteiger partial charge in [-0.05, 0) is 48.4 Å². The molecule has 2 atom stereocenters. The maximum atomic E-state index is 12.5. The van der Waals surface area contributed by atoms with Gasteiger partial charge in [-0.3, -0.25) is 4.79 Å². The second-order valence-corrected chi connectivity index (χ2v) is 6.82. The lowest BCUT2D eigenvalue weighted by Gasteiger charge is -2.41. The Kier molecular flexibility index (Phi) is 3.98. The van der Waals surface area contributed by atoms with Crippen molar-refractivity contribution in [3.8, 4) is 11.5 Å². The Labute approximate surface area is 137 Å². The van der Waals surface area contributed by atoms with Crippen LogP contribution in [-0.2, 0) is 4.79 Å². The molecule has 2 fully saturated rings. The number of amides is 1. The van der Waals surface area contributed by atoms with Gasteiger partial charge in [0.15, 0.2) is 11.5 Å². The summed E-state index contributed by atoms with van der Waals surface area (Å²) in [6, 6.07) is 5.75. The zero-order valence-electron chi connectivity index (χ0n) is 13.4. The van der Waals surface area contributed by atoms with Crippen molar-refractivity contribution in [2.45, 2.75) is 32.1 Å². The minimum absolute atomic E-state index is 0.131. The molecular weight excluding hydrogens is 290 g/mol. The van der Waals surface area contributed by atoms with Crippen molar-refractivity contribution >= 4 is 12.0 Å². The largest absolute Gasteiger partial charge is 0.454 e. The zero-order chi connectivity index (χ0) is 15.6. The molecule has 1 saturated heterocycles. The molecule has 1 saturated carbocycles. The predicted molar refractivity (Wildman–Crippen MR) is 88.2 cm³/mol. The fourth-order valence-electron chi connectivity index (χ4n) is 4.09. The highest BCUT2D eigenvalue weighted by Gasteiger charge is 2.32. The van der Waals surface area contributed by atoms with Crippen LogP contribution in [0.2, 0.25) is 0 Å². The molecular formula is C19H23NO3. The third-order valence-corrected chi connectivity index (χ3v) is 5.42. The Bertz CT molecular complexity index is 625. The SMILES string of the molecule is O=C(/C=C/c1ccc2c(c1)OCO2)N1CC[C@@H]2CCCC[C@H]2C1. The molecule has 1 aliphatic carbocycles. The van der Waals surface area contributed by atoms with Crippen LogP contribution in [0.5, 0.6) is 11.5 Å². The van der Waals surface area contributed by atoms with Crippen molar-refractivity contribution in [1.82, 2.24) is 4.90 Å². The number of ether oxygens (including phenoxy) is 2. The topological polar surface area (TPSA) is 38.8 Å². The minimum atomic E-state index is 0.131. The molecule has 4 heteroatoms. The van der Waals surface area contributed by atoms with E-state index in [0.29, 0.717) is 0 Å². The van der Waals surface area contributed by atoms with Crippen molar-refractivity contribution in [2.24, 2.45) is 11.8 Å². The maximum absolute atomic E-state index is 12.5. The first-order valence-electron chi connectivity index (χ1n) is 8.66. The summed E-state index contributed by atoms with van der Waals surface area (Å²) in [5.41, 5.74) is 0.968. The van der Waals surface area contributed by atoms with E-state index >= 15 is 0 Å². The molecule has 1 aromatic rings. The van der Waals surface area contributed by atoms with Crippen LogP contribution in [0.15, 0.2) is 24.3 Å². The third-order valence-electron chi connectivity index (χ3n) is 5.42. The predicted octanol–water partition coefficient (Wildman–Crippen LogP) is 3.47. The first-order valence-corrected chi connectivity index (χ1v) is 8.66. The number of likely N-dealkylation sites (tertiary alicyclic amines) is 1. The number of carbonyl (C=O) groups is 1. The second kappa shape index (κ2) is 6.26. The molecule has 4 rings (SSSR count). The van der Waals surface area contributed by atoms with Gasteiger partial charge in [0, 0.05) is 19.2 Å². The monoisotopic (exact) mass is 313 g/mol. The van der Waals surface area contributed by atoms with E-state index in [1.807, 2.05) is 29.2 Å². The van der Waals surface area contributed by atoms with Gasteiger partial charge in [0.1, 0.15) is 0 Å². The average Bonchev–Trinajstić information content (AvgIpc) is 3.07. The van der Waals surface area contributed by atoms with Gasteiger partial charge >= 0.3 is 0 Å². The van der Waals surface area contributed by atoms with Crippen LogP contribution >= 0.6 is 0 Å². The standard InChI is InChI=1S/C19H23NO3/c21-19(20-10-9-15-3-1-2-4-16(15)12-20)8-6-14-5-7-17-18(11-14)23-13-22-17/h5-8,11,15-16H,1-4,9-10,12-13H2/b8-6+/t15-,16-/m0/s1. The quantitative estimate of drug-likeness (QED) is 0.785. The van der Waals surface area contributed by atoms with E-state index in [1.165, 1.54) is 32.1 Å². The number of fused-ring (bicyclic) bond motifs is 2. The Hall–Kier alpha value is -1.97. The third kappa shape index (κ3) is 3.07. The molecule has 0 unspecified atom stereocenters. The Morgan fingerprint density at radius 3 is 2.83 bits per heavy atom. The first kappa shape index (κ1) is 14.6.